The predicted octanol–water partition coefficient (Wildman–Crippen LogP) is 4.11. The summed E-state index contributed by atoms with van der Waals surface area (Å²) in [5.74, 6) is 2.97. The Balaban J connectivity index is 1.57. The Morgan fingerprint density at radius 3 is 2.85 bits per heavy atom. The van der Waals surface area contributed by atoms with E-state index in [0.29, 0.717) is 23.1 Å². The third kappa shape index (κ3) is 2.78. The van der Waals surface area contributed by atoms with Crippen LogP contribution in [-0.2, 0) is 4.79 Å². The SMILES string of the molecule is COc1ccc(NC(=O)C[C@H]2C[C@H]3CC[C@@H]2C3)cc1Cl. The van der Waals surface area contributed by atoms with Crippen LogP contribution in [0.3, 0.4) is 0 Å². The van der Waals surface area contributed by atoms with Crippen molar-refractivity contribution in [2.75, 3.05) is 12.4 Å². The molecule has 1 amide bonds. The largest absolute Gasteiger partial charge is 0.495 e. The summed E-state index contributed by atoms with van der Waals surface area (Å²) >= 11 is 6.06. The topological polar surface area (TPSA) is 38.3 Å². The molecule has 0 aromatic heterocycles. The Morgan fingerprint density at radius 2 is 2.25 bits per heavy atom. The molecule has 0 heterocycles. The third-order valence-corrected chi connectivity index (χ3v) is 5.06. The van der Waals surface area contributed by atoms with Crippen LogP contribution in [0.5, 0.6) is 5.75 Å². The third-order valence-electron chi connectivity index (χ3n) is 4.77. The van der Waals surface area contributed by atoms with E-state index in [1.54, 1.807) is 19.2 Å². The maximum absolute atomic E-state index is 12.1. The van der Waals surface area contributed by atoms with Gasteiger partial charge in [-0.2, -0.15) is 0 Å². The number of benzene rings is 1. The molecule has 2 aliphatic rings. The van der Waals surface area contributed by atoms with Gasteiger partial charge in [-0.1, -0.05) is 18.0 Å². The maximum Gasteiger partial charge on any atom is 0.224 e. The van der Waals surface area contributed by atoms with E-state index in [1.165, 1.54) is 25.7 Å². The highest BCUT2D eigenvalue weighted by atomic mass is 35.5. The van der Waals surface area contributed by atoms with E-state index < -0.39 is 0 Å². The molecular weight excluding hydrogens is 274 g/mol. The van der Waals surface area contributed by atoms with Gasteiger partial charge in [-0.25, -0.2) is 0 Å². The smallest absolute Gasteiger partial charge is 0.224 e. The minimum atomic E-state index is 0.101. The molecule has 4 heteroatoms. The molecule has 2 fully saturated rings. The number of rotatable bonds is 4. The zero-order valence-corrected chi connectivity index (χ0v) is 12.5. The first kappa shape index (κ1) is 13.7. The van der Waals surface area contributed by atoms with E-state index >= 15 is 0 Å². The van der Waals surface area contributed by atoms with Crippen molar-refractivity contribution in [3.8, 4) is 5.75 Å². The number of ether oxygens (including phenoxy) is 1. The molecule has 0 radical (unpaired) electrons. The molecule has 1 aromatic carbocycles. The number of anilines is 1. The number of carbonyl (C=O) groups excluding carboxylic acids is 1. The second-order valence-electron chi connectivity index (χ2n) is 6.04. The number of methoxy groups -OCH3 is 1. The van der Waals surface area contributed by atoms with Crippen molar-refractivity contribution < 1.29 is 9.53 Å². The lowest BCUT2D eigenvalue weighted by atomic mass is 9.86. The molecule has 2 aliphatic carbocycles. The van der Waals surface area contributed by atoms with E-state index in [0.717, 1.165) is 17.5 Å². The molecule has 0 aliphatic heterocycles. The van der Waals surface area contributed by atoms with Crippen molar-refractivity contribution in [3.63, 3.8) is 0 Å². The fourth-order valence-corrected chi connectivity index (χ4v) is 4.08. The number of nitrogens with one attached hydrogen (secondary N) is 1. The van der Waals surface area contributed by atoms with Gasteiger partial charge in [0.2, 0.25) is 5.91 Å². The van der Waals surface area contributed by atoms with Gasteiger partial charge < -0.3 is 10.1 Å². The highest BCUT2D eigenvalue weighted by Gasteiger charge is 2.40. The van der Waals surface area contributed by atoms with Crippen molar-refractivity contribution in [2.45, 2.75) is 32.1 Å². The minimum Gasteiger partial charge on any atom is -0.495 e. The van der Waals surface area contributed by atoms with Crippen LogP contribution < -0.4 is 10.1 Å². The number of carbonyl (C=O) groups is 1. The molecule has 20 heavy (non-hydrogen) atoms. The molecule has 0 spiro atoms. The van der Waals surface area contributed by atoms with Crippen LogP contribution in [0.4, 0.5) is 5.69 Å². The zero-order valence-electron chi connectivity index (χ0n) is 11.7. The summed E-state index contributed by atoms with van der Waals surface area (Å²) in [6.45, 7) is 0. The Labute approximate surface area is 124 Å². The van der Waals surface area contributed by atoms with Gasteiger partial charge in [0.1, 0.15) is 5.75 Å². The molecule has 3 atom stereocenters. The molecule has 2 bridgehead atoms. The van der Waals surface area contributed by atoms with Crippen LogP contribution in [0.2, 0.25) is 5.02 Å². The van der Waals surface area contributed by atoms with Crippen LogP contribution in [0, 0.1) is 17.8 Å². The Bertz CT molecular complexity index is 517. The molecule has 1 N–H and O–H groups in total. The molecule has 3 rings (SSSR count). The fraction of sp³-hybridized carbons (Fsp3) is 0.562. The van der Waals surface area contributed by atoms with Gasteiger partial charge in [0, 0.05) is 12.1 Å². The minimum absolute atomic E-state index is 0.101. The van der Waals surface area contributed by atoms with Crippen LogP contribution >= 0.6 is 11.6 Å². The second-order valence-corrected chi connectivity index (χ2v) is 6.44. The molecule has 2 saturated carbocycles. The van der Waals surface area contributed by atoms with Gasteiger partial charge in [-0.15, -0.1) is 0 Å². The molecule has 0 saturated heterocycles. The van der Waals surface area contributed by atoms with E-state index in [9.17, 15) is 4.79 Å². The maximum atomic E-state index is 12.1. The van der Waals surface area contributed by atoms with Gasteiger partial charge in [0.05, 0.1) is 12.1 Å². The Kier molecular flexibility index (Phi) is 3.88. The van der Waals surface area contributed by atoms with Gasteiger partial charge in [0.15, 0.2) is 0 Å². The summed E-state index contributed by atoms with van der Waals surface area (Å²) < 4.78 is 5.10. The number of amides is 1. The Morgan fingerprint density at radius 1 is 1.40 bits per heavy atom. The van der Waals surface area contributed by atoms with Gasteiger partial charge in [0.25, 0.3) is 0 Å². The highest BCUT2D eigenvalue weighted by molar-refractivity contribution is 6.32. The number of fused-ring (bicyclic) bond motifs is 2. The summed E-state index contributed by atoms with van der Waals surface area (Å²) in [4.78, 5) is 12.1. The van der Waals surface area contributed by atoms with Gasteiger partial charge >= 0.3 is 0 Å². The van der Waals surface area contributed by atoms with Crippen LogP contribution in [0.1, 0.15) is 32.1 Å². The summed E-state index contributed by atoms with van der Waals surface area (Å²) in [5, 5.41) is 3.46. The lowest BCUT2D eigenvalue weighted by Crippen LogP contribution is -2.20. The van der Waals surface area contributed by atoms with Gasteiger partial charge in [-0.05, 0) is 55.2 Å². The monoisotopic (exact) mass is 293 g/mol. The second kappa shape index (κ2) is 5.65. The van der Waals surface area contributed by atoms with Crippen LogP contribution in [0.25, 0.3) is 0 Å². The summed E-state index contributed by atoms with van der Waals surface area (Å²) in [5.41, 5.74) is 0.740. The molecule has 1 aromatic rings. The lowest BCUT2D eigenvalue weighted by Gasteiger charge is -2.21. The normalized spacial score (nSPS) is 27.6. The van der Waals surface area contributed by atoms with Gasteiger partial charge in [-0.3, -0.25) is 4.79 Å². The predicted molar refractivity (Wildman–Crippen MR) is 80.2 cm³/mol. The van der Waals surface area contributed by atoms with E-state index in [1.807, 2.05) is 6.07 Å². The molecule has 0 unspecified atom stereocenters. The van der Waals surface area contributed by atoms with Crippen LogP contribution in [0.15, 0.2) is 18.2 Å². The molecule has 108 valence electrons. The highest BCUT2D eigenvalue weighted by Crippen LogP contribution is 2.49. The number of halogens is 1. The lowest BCUT2D eigenvalue weighted by molar-refractivity contribution is -0.117. The zero-order chi connectivity index (χ0) is 14.1. The van der Waals surface area contributed by atoms with Crippen molar-refractivity contribution in [1.82, 2.24) is 0 Å². The summed E-state index contributed by atoms with van der Waals surface area (Å²) in [6, 6.07) is 5.33. The number of hydrogen-bond donors (Lipinski definition) is 1. The molecule has 3 nitrogen and oxygen atoms in total. The quantitative estimate of drug-likeness (QED) is 0.907. The van der Waals surface area contributed by atoms with Crippen molar-refractivity contribution in [2.24, 2.45) is 17.8 Å². The standard InChI is InChI=1S/C16H20ClNO2/c1-20-15-5-4-13(9-14(15)17)18-16(19)8-12-7-10-2-3-11(12)6-10/h4-5,9-12H,2-3,6-8H2,1H3,(H,18,19)/t10-,11+,12+/m0/s1. The van der Waals surface area contributed by atoms with Crippen molar-refractivity contribution in [1.29, 1.82) is 0 Å². The number of hydrogen-bond acceptors (Lipinski definition) is 2. The first-order chi connectivity index (χ1) is 9.65. The average Bonchev–Trinajstić information content (AvgIpc) is 3.01. The van der Waals surface area contributed by atoms with Crippen molar-refractivity contribution >= 4 is 23.2 Å². The first-order valence-corrected chi connectivity index (χ1v) is 7.67. The van der Waals surface area contributed by atoms with E-state index in [-0.39, 0.29) is 5.91 Å². The van der Waals surface area contributed by atoms with E-state index in [4.69, 9.17) is 16.3 Å². The molecular formula is C16H20ClNO2. The Hall–Kier alpha value is -1.22. The fourth-order valence-electron chi connectivity index (χ4n) is 3.82. The summed E-state index contributed by atoms with van der Waals surface area (Å²) in [7, 11) is 1.58. The average molecular weight is 294 g/mol. The van der Waals surface area contributed by atoms with E-state index in [2.05, 4.69) is 5.32 Å². The first-order valence-electron chi connectivity index (χ1n) is 7.29. The van der Waals surface area contributed by atoms with Crippen LogP contribution in [-0.4, -0.2) is 13.0 Å². The summed E-state index contributed by atoms with van der Waals surface area (Å²) in [6.07, 6.45) is 5.91. The van der Waals surface area contributed by atoms with Crippen molar-refractivity contribution in [3.05, 3.63) is 23.2 Å².